The molecule has 2 N–H and O–H groups in total. The van der Waals surface area contributed by atoms with Gasteiger partial charge in [0.25, 0.3) is 5.91 Å². The summed E-state index contributed by atoms with van der Waals surface area (Å²) in [5.41, 5.74) is 0.602. The van der Waals surface area contributed by atoms with E-state index >= 15 is 0 Å². The lowest BCUT2D eigenvalue weighted by Crippen LogP contribution is -2.48. The predicted molar refractivity (Wildman–Crippen MR) is 94.5 cm³/mol. The van der Waals surface area contributed by atoms with Gasteiger partial charge in [-0.1, -0.05) is 13.8 Å². The lowest BCUT2D eigenvalue weighted by Gasteiger charge is -2.34. The largest absolute Gasteiger partial charge is 0.478 e. The molecule has 0 aromatic heterocycles. The van der Waals surface area contributed by atoms with Gasteiger partial charge in [-0.15, -0.1) is 0 Å². The molecule has 1 aliphatic rings. The number of carbonyl (C=O) groups excluding carboxylic acids is 2. The molecule has 2 amide bonds. The van der Waals surface area contributed by atoms with E-state index in [-0.39, 0.29) is 29.3 Å². The summed E-state index contributed by atoms with van der Waals surface area (Å²) >= 11 is 0. The van der Waals surface area contributed by atoms with Crippen molar-refractivity contribution in [1.82, 2.24) is 10.2 Å². The lowest BCUT2D eigenvalue weighted by molar-refractivity contribution is -0.136. The molecule has 1 fully saturated rings. The third-order valence-electron chi connectivity index (χ3n) is 4.87. The van der Waals surface area contributed by atoms with Gasteiger partial charge in [-0.25, -0.2) is 4.79 Å². The van der Waals surface area contributed by atoms with E-state index in [1.165, 1.54) is 24.3 Å². The highest BCUT2D eigenvalue weighted by Gasteiger charge is 2.27. The molecule has 0 saturated carbocycles. The fourth-order valence-corrected chi connectivity index (χ4v) is 3.17. The third kappa shape index (κ3) is 4.81. The summed E-state index contributed by atoms with van der Waals surface area (Å²) in [6.07, 6.45) is 3.20. The summed E-state index contributed by atoms with van der Waals surface area (Å²) < 4.78 is 0. The first-order chi connectivity index (χ1) is 12.0. The van der Waals surface area contributed by atoms with Gasteiger partial charge < -0.3 is 15.3 Å². The molecule has 1 saturated heterocycles. The van der Waals surface area contributed by atoms with Gasteiger partial charge in [-0.2, -0.15) is 0 Å². The van der Waals surface area contributed by atoms with E-state index in [1.807, 2.05) is 18.7 Å². The van der Waals surface area contributed by atoms with Crippen molar-refractivity contribution in [2.24, 2.45) is 5.92 Å². The van der Waals surface area contributed by atoms with Crippen LogP contribution in [0, 0.1) is 5.92 Å². The minimum absolute atomic E-state index is 0.0393. The third-order valence-corrected chi connectivity index (χ3v) is 4.87. The molecule has 1 aromatic rings. The monoisotopic (exact) mass is 346 g/mol. The average molecular weight is 346 g/mol. The van der Waals surface area contributed by atoms with Crippen molar-refractivity contribution in [1.29, 1.82) is 0 Å². The second-order valence-corrected chi connectivity index (χ2v) is 6.47. The summed E-state index contributed by atoms with van der Waals surface area (Å²) in [5.74, 6) is -0.902. The number of carboxylic acids is 1. The van der Waals surface area contributed by atoms with Crippen molar-refractivity contribution in [3.05, 3.63) is 35.4 Å². The lowest BCUT2D eigenvalue weighted by atomic mass is 9.98. The van der Waals surface area contributed by atoms with Gasteiger partial charge in [0.2, 0.25) is 5.91 Å². The van der Waals surface area contributed by atoms with Gasteiger partial charge in [-0.3, -0.25) is 9.59 Å². The topological polar surface area (TPSA) is 86.7 Å². The molecule has 1 aliphatic heterocycles. The SMILES string of the molecule is CCC(CC)C(=O)N1CCC(NC(=O)c2ccc(C(=O)O)cc2)CC1. The minimum atomic E-state index is -1.01. The van der Waals surface area contributed by atoms with E-state index in [4.69, 9.17) is 5.11 Å². The number of benzene rings is 1. The highest BCUT2D eigenvalue weighted by Crippen LogP contribution is 2.17. The zero-order valence-electron chi connectivity index (χ0n) is 14.8. The number of amides is 2. The maximum atomic E-state index is 12.4. The smallest absolute Gasteiger partial charge is 0.335 e. The molecule has 6 nitrogen and oxygen atoms in total. The van der Waals surface area contributed by atoms with Crippen LogP contribution in [0.5, 0.6) is 0 Å². The number of carbonyl (C=O) groups is 3. The van der Waals surface area contributed by atoms with E-state index in [0.717, 1.165) is 25.7 Å². The molecular formula is C19H26N2O4. The summed E-state index contributed by atoms with van der Waals surface area (Å²) in [7, 11) is 0. The van der Waals surface area contributed by atoms with Crippen molar-refractivity contribution in [3.8, 4) is 0 Å². The standard InChI is InChI=1S/C19H26N2O4/c1-3-13(4-2)18(23)21-11-9-16(10-12-21)20-17(22)14-5-7-15(8-6-14)19(24)25/h5-8,13,16H,3-4,9-12H2,1-2H3,(H,20,22)(H,24,25). The Hall–Kier alpha value is -2.37. The first-order valence-electron chi connectivity index (χ1n) is 8.89. The second-order valence-electron chi connectivity index (χ2n) is 6.47. The van der Waals surface area contributed by atoms with E-state index in [9.17, 15) is 14.4 Å². The Morgan fingerprint density at radius 3 is 2.08 bits per heavy atom. The zero-order chi connectivity index (χ0) is 18.4. The Morgan fingerprint density at radius 2 is 1.60 bits per heavy atom. The van der Waals surface area contributed by atoms with Crippen LogP contribution >= 0.6 is 0 Å². The van der Waals surface area contributed by atoms with Crippen LogP contribution in [0.3, 0.4) is 0 Å². The van der Waals surface area contributed by atoms with Crippen molar-refractivity contribution >= 4 is 17.8 Å². The van der Waals surface area contributed by atoms with Crippen molar-refractivity contribution < 1.29 is 19.5 Å². The van der Waals surface area contributed by atoms with Crippen LogP contribution < -0.4 is 5.32 Å². The van der Waals surface area contributed by atoms with E-state index < -0.39 is 5.97 Å². The number of aromatic carboxylic acids is 1. The summed E-state index contributed by atoms with van der Waals surface area (Å²) in [6.45, 7) is 5.40. The molecule has 0 unspecified atom stereocenters. The number of hydrogen-bond donors (Lipinski definition) is 2. The Kier molecular flexibility index (Phi) is 6.56. The van der Waals surface area contributed by atoms with Gasteiger partial charge in [0, 0.05) is 30.6 Å². The van der Waals surface area contributed by atoms with Gasteiger partial charge in [-0.05, 0) is 49.9 Å². The number of nitrogens with one attached hydrogen (secondary N) is 1. The Bertz CT molecular complexity index is 615. The van der Waals surface area contributed by atoms with Crippen LogP contribution in [0.25, 0.3) is 0 Å². The molecule has 1 aromatic carbocycles. The number of likely N-dealkylation sites (tertiary alicyclic amines) is 1. The van der Waals surface area contributed by atoms with Crippen LogP contribution in [-0.4, -0.2) is 46.9 Å². The molecule has 0 bridgehead atoms. The minimum Gasteiger partial charge on any atom is -0.478 e. The Morgan fingerprint density at radius 1 is 1.08 bits per heavy atom. The van der Waals surface area contributed by atoms with Gasteiger partial charge in [0.05, 0.1) is 5.56 Å². The summed E-state index contributed by atoms with van der Waals surface area (Å²) in [6, 6.07) is 5.93. The number of nitrogens with zero attached hydrogens (tertiary/aromatic N) is 1. The average Bonchev–Trinajstić information content (AvgIpc) is 2.63. The first-order valence-corrected chi connectivity index (χ1v) is 8.89. The van der Waals surface area contributed by atoms with Crippen LogP contribution in [0.4, 0.5) is 0 Å². The molecule has 1 heterocycles. The van der Waals surface area contributed by atoms with Crippen molar-refractivity contribution in [2.75, 3.05) is 13.1 Å². The maximum absolute atomic E-state index is 12.4. The number of piperidine rings is 1. The van der Waals surface area contributed by atoms with Crippen LogP contribution in [0.1, 0.15) is 60.2 Å². The molecule has 0 atom stereocenters. The molecule has 0 spiro atoms. The number of carboxylic acid groups (broad SMARTS) is 1. The fourth-order valence-electron chi connectivity index (χ4n) is 3.17. The molecule has 0 aliphatic carbocycles. The fraction of sp³-hybridized carbons (Fsp3) is 0.526. The Labute approximate surface area is 148 Å². The highest BCUT2D eigenvalue weighted by atomic mass is 16.4. The summed E-state index contributed by atoms with van der Waals surface area (Å²) in [5, 5.41) is 11.9. The number of hydrogen-bond acceptors (Lipinski definition) is 3. The summed E-state index contributed by atoms with van der Waals surface area (Å²) in [4.78, 5) is 37.4. The van der Waals surface area contributed by atoms with E-state index in [1.54, 1.807) is 0 Å². The quantitative estimate of drug-likeness (QED) is 0.829. The first kappa shape index (κ1) is 19.0. The molecule has 0 radical (unpaired) electrons. The van der Waals surface area contributed by atoms with Crippen LogP contribution in [-0.2, 0) is 4.79 Å². The van der Waals surface area contributed by atoms with Crippen molar-refractivity contribution in [2.45, 2.75) is 45.6 Å². The zero-order valence-corrected chi connectivity index (χ0v) is 14.8. The molecule has 136 valence electrons. The van der Waals surface area contributed by atoms with Gasteiger partial charge in [0.1, 0.15) is 0 Å². The van der Waals surface area contributed by atoms with Crippen LogP contribution in [0.2, 0.25) is 0 Å². The van der Waals surface area contributed by atoms with E-state index in [0.29, 0.717) is 18.7 Å². The highest BCUT2D eigenvalue weighted by molar-refractivity contribution is 5.96. The second kappa shape index (κ2) is 8.65. The van der Waals surface area contributed by atoms with Crippen LogP contribution in [0.15, 0.2) is 24.3 Å². The Balaban J connectivity index is 1.86. The van der Waals surface area contributed by atoms with Crippen molar-refractivity contribution in [3.63, 3.8) is 0 Å². The predicted octanol–water partition coefficient (Wildman–Crippen LogP) is 2.54. The van der Waals surface area contributed by atoms with E-state index in [2.05, 4.69) is 5.32 Å². The molecular weight excluding hydrogens is 320 g/mol. The molecule has 2 rings (SSSR count). The van der Waals surface area contributed by atoms with Gasteiger partial charge >= 0.3 is 5.97 Å². The molecule has 6 heteroatoms. The number of rotatable bonds is 6. The maximum Gasteiger partial charge on any atom is 0.335 e. The molecule has 25 heavy (non-hydrogen) atoms. The normalized spacial score (nSPS) is 15.2. The van der Waals surface area contributed by atoms with Gasteiger partial charge in [0.15, 0.2) is 0 Å².